The molecule has 8 rings (SSSR count). The standard InChI is InChI=1S/C39H23N/c40-24-25-5-1-8-27(19-25)28-9-2-10-29(20-28)30-13-14-32-22-33(16-15-31(32)21-30)34-17-18-35-36-11-3-6-26-7-4-12-37(39(26)36)38(35)23-34/h1-23H. The van der Waals surface area contributed by atoms with Gasteiger partial charge in [-0.1, -0.05) is 103 Å². The number of nitriles is 1. The fraction of sp³-hybridized carbons (Fsp3) is 0. The van der Waals surface area contributed by atoms with Crippen molar-refractivity contribution in [1.82, 2.24) is 0 Å². The highest BCUT2D eigenvalue weighted by Crippen LogP contribution is 2.48. The number of hydrogen-bond acceptors (Lipinski definition) is 1. The predicted octanol–water partition coefficient (Wildman–Crippen LogP) is 10.5. The number of benzene rings is 7. The van der Waals surface area contributed by atoms with Crippen LogP contribution in [0.25, 0.3) is 77.2 Å². The molecule has 0 saturated carbocycles. The highest BCUT2D eigenvalue weighted by atomic mass is 14.2. The molecular formula is C39H23N. The first-order chi connectivity index (χ1) is 19.7. The number of nitrogens with zero attached hydrogens (tertiary/aromatic N) is 1. The third-order valence-electron chi connectivity index (χ3n) is 8.20. The monoisotopic (exact) mass is 505 g/mol. The van der Waals surface area contributed by atoms with E-state index in [9.17, 15) is 5.26 Å². The summed E-state index contributed by atoms with van der Waals surface area (Å²) >= 11 is 0. The summed E-state index contributed by atoms with van der Waals surface area (Å²) in [5, 5.41) is 14.4. The summed E-state index contributed by atoms with van der Waals surface area (Å²) in [5.74, 6) is 0. The zero-order chi connectivity index (χ0) is 26.6. The third kappa shape index (κ3) is 3.55. The highest BCUT2D eigenvalue weighted by Gasteiger charge is 2.21. The van der Waals surface area contributed by atoms with Crippen molar-refractivity contribution in [2.75, 3.05) is 0 Å². The summed E-state index contributed by atoms with van der Waals surface area (Å²) in [6.45, 7) is 0. The molecule has 1 heteroatoms. The molecule has 0 saturated heterocycles. The Kier molecular flexibility index (Phi) is 4.96. The van der Waals surface area contributed by atoms with Crippen LogP contribution in [0.4, 0.5) is 0 Å². The van der Waals surface area contributed by atoms with Gasteiger partial charge in [0.1, 0.15) is 0 Å². The van der Waals surface area contributed by atoms with E-state index in [4.69, 9.17) is 0 Å². The van der Waals surface area contributed by atoms with Crippen LogP contribution in [0.15, 0.2) is 140 Å². The van der Waals surface area contributed by atoms with Gasteiger partial charge in [0.05, 0.1) is 11.6 Å². The molecule has 0 spiro atoms. The zero-order valence-electron chi connectivity index (χ0n) is 21.7. The van der Waals surface area contributed by atoms with Crippen molar-refractivity contribution >= 4 is 21.5 Å². The maximum atomic E-state index is 9.29. The van der Waals surface area contributed by atoms with Crippen LogP contribution >= 0.6 is 0 Å². The van der Waals surface area contributed by atoms with E-state index in [0.717, 1.165) is 11.1 Å². The van der Waals surface area contributed by atoms with Crippen molar-refractivity contribution in [3.8, 4) is 61.7 Å². The van der Waals surface area contributed by atoms with Crippen molar-refractivity contribution in [2.24, 2.45) is 0 Å². The molecule has 1 aliphatic carbocycles. The Morgan fingerprint density at radius 3 is 1.55 bits per heavy atom. The van der Waals surface area contributed by atoms with Crippen LogP contribution < -0.4 is 0 Å². The van der Waals surface area contributed by atoms with E-state index in [-0.39, 0.29) is 0 Å². The Morgan fingerprint density at radius 1 is 0.350 bits per heavy atom. The Balaban J connectivity index is 1.15. The van der Waals surface area contributed by atoms with Crippen LogP contribution in [0.2, 0.25) is 0 Å². The van der Waals surface area contributed by atoms with Crippen LogP contribution in [-0.2, 0) is 0 Å². The molecule has 0 heterocycles. The summed E-state index contributed by atoms with van der Waals surface area (Å²) in [7, 11) is 0. The Labute approximate surface area is 233 Å². The van der Waals surface area contributed by atoms with Crippen molar-refractivity contribution in [3.05, 3.63) is 145 Å². The van der Waals surface area contributed by atoms with E-state index in [1.165, 1.54) is 66.1 Å². The van der Waals surface area contributed by atoms with Gasteiger partial charge in [0.2, 0.25) is 0 Å². The van der Waals surface area contributed by atoms with Gasteiger partial charge in [-0.15, -0.1) is 0 Å². The first kappa shape index (κ1) is 22.5. The second-order valence-electron chi connectivity index (χ2n) is 10.5. The topological polar surface area (TPSA) is 23.8 Å². The van der Waals surface area contributed by atoms with Gasteiger partial charge in [0.15, 0.2) is 0 Å². The lowest BCUT2D eigenvalue weighted by Gasteiger charge is -2.10. The zero-order valence-corrected chi connectivity index (χ0v) is 21.7. The quantitative estimate of drug-likeness (QED) is 0.234. The molecule has 0 fully saturated rings. The molecule has 0 aliphatic heterocycles. The van der Waals surface area contributed by atoms with Crippen LogP contribution in [0.1, 0.15) is 5.56 Å². The maximum absolute atomic E-state index is 9.29. The van der Waals surface area contributed by atoms with Crippen molar-refractivity contribution < 1.29 is 0 Å². The number of hydrogen-bond donors (Lipinski definition) is 0. The molecule has 7 aromatic carbocycles. The lowest BCUT2D eigenvalue weighted by atomic mass is 9.94. The van der Waals surface area contributed by atoms with E-state index < -0.39 is 0 Å². The smallest absolute Gasteiger partial charge is 0.0991 e. The van der Waals surface area contributed by atoms with Crippen molar-refractivity contribution in [1.29, 1.82) is 5.26 Å². The Hall–Kier alpha value is -5.45. The molecular weight excluding hydrogens is 482 g/mol. The average molecular weight is 506 g/mol. The van der Waals surface area contributed by atoms with E-state index in [0.29, 0.717) is 5.56 Å². The molecule has 0 N–H and O–H groups in total. The van der Waals surface area contributed by atoms with Gasteiger partial charge in [0.25, 0.3) is 0 Å². The van der Waals surface area contributed by atoms with Gasteiger partial charge < -0.3 is 0 Å². The molecule has 1 aliphatic rings. The van der Waals surface area contributed by atoms with Gasteiger partial charge in [-0.2, -0.15) is 5.26 Å². The van der Waals surface area contributed by atoms with E-state index in [1.807, 2.05) is 18.2 Å². The normalized spacial score (nSPS) is 11.5. The summed E-state index contributed by atoms with van der Waals surface area (Å²) in [5.41, 5.74) is 13.0. The largest absolute Gasteiger partial charge is 0.192 e. The van der Waals surface area contributed by atoms with Crippen LogP contribution in [0, 0.1) is 11.3 Å². The number of rotatable bonds is 3. The highest BCUT2D eigenvalue weighted by molar-refractivity contribution is 6.15. The second kappa shape index (κ2) is 8.80. The molecule has 0 bridgehead atoms. The molecule has 184 valence electrons. The van der Waals surface area contributed by atoms with E-state index >= 15 is 0 Å². The second-order valence-corrected chi connectivity index (χ2v) is 10.5. The summed E-state index contributed by atoms with van der Waals surface area (Å²) in [6.07, 6.45) is 0. The van der Waals surface area contributed by atoms with Gasteiger partial charge in [-0.3, -0.25) is 0 Å². The Bertz CT molecular complexity index is 2170. The Morgan fingerprint density at radius 2 is 0.875 bits per heavy atom. The van der Waals surface area contributed by atoms with Gasteiger partial charge in [-0.05, 0) is 114 Å². The van der Waals surface area contributed by atoms with E-state index in [2.05, 4.69) is 127 Å². The first-order valence-electron chi connectivity index (χ1n) is 13.6. The van der Waals surface area contributed by atoms with Crippen LogP contribution in [0.5, 0.6) is 0 Å². The molecule has 0 radical (unpaired) electrons. The fourth-order valence-corrected chi connectivity index (χ4v) is 6.22. The molecule has 40 heavy (non-hydrogen) atoms. The minimum atomic E-state index is 0.675. The molecule has 0 atom stereocenters. The molecule has 0 amide bonds. The summed E-state index contributed by atoms with van der Waals surface area (Å²) in [4.78, 5) is 0. The molecule has 0 unspecified atom stereocenters. The lowest BCUT2D eigenvalue weighted by Crippen LogP contribution is -1.85. The SMILES string of the molecule is N#Cc1cccc(-c2cccc(-c3ccc4cc(-c5ccc6c(c5)-c5cccc7cccc-6c57)ccc4c3)c2)c1. The first-order valence-corrected chi connectivity index (χ1v) is 13.6. The fourth-order valence-electron chi connectivity index (χ4n) is 6.22. The van der Waals surface area contributed by atoms with Gasteiger partial charge in [0, 0.05) is 0 Å². The van der Waals surface area contributed by atoms with Crippen LogP contribution in [-0.4, -0.2) is 0 Å². The predicted molar refractivity (Wildman–Crippen MR) is 167 cm³/mol. The van der Waals surface area contributed by atoms with Gasteiger partial charge >= 0.3 is 0 Å². The molecule has 1 nitrogen and oxygen atoms in total. The van der Waals surface area contributed by atoms with Gasteiger partial charge in [-0.25, -0.2) is 0 Å². The van der Waals surface area contributed by atoms with Crippen LogP contribution in [0.3, 0.4) is 0 Å². The molecule has 0 aromatic heterocycles. The minimum absolute atomic E-state index is 0.675. The number of fused-ring (bicyclic) bond motifs is 4. The summed E-state index contributed by atoms with van der Waals surface area (Å²) in [6, 6.07) is 52.1. The average Bonchev–Trinajstić information content (AvgIpc) is 3.35. The molecule has 7 aromatic rings. The van der Waals surface area contributed by atoms with Crippen molar-refractivity contribution in [2.45, 2.75) is 0 Å². The third-order valence-corrected chi connectivity index (χ3v) is 8.20. The lowest BCUT2D eigenvalue weighted by molar-refractivity contribution is 1.48. The van der Waals surface area contributed by atoms with E-state index in [1.54, 1.807) is 0 Å². The summed E-state index contributed by atoms with van der Waals surface area (Å²) < 4.78 is 0. The minimum Gasteiger partial charge on any atom is -0.192 e. The van der Waals surface area contributed by atoms with Crippen molar-refractivity contribution in [3.63, 3.8) is 0 Å². The maximum Gasteiger partial charge on any atom is 0.0991 e.